The molecule has 0 aliphatic heterocycles. The highest BCUT2D eigenvalue weighted by molar-refractivity contribution is 7.14. The van der Waals surface area contributed by atoms with E-state index in [0.29, 0.717) is 27.7 Å². The number of hydrazine groups is 1. The predicted octanol–water partition coefficient (Wildman–Crippen LogP) is 3.63. The number of thiophene rings is 1. The number of nitrogens with one attached hydrogen (secondary N) is 2. The van der Waals surface area contributed by atoms with Crippen LogP contribution < -0.4 is 21.3 Å². The summed E-state index contributed by atoms with van der Waals surface area (Å²) in [6.45, 7) is 2.37. The van der Waals surface area contributed by atoms with Crippen LogP contribution in [0.3, 0.4) is 0 Å². The van der Waals surface area contributed by atoms with Crippen molar-refractivity contribution in [2.24, 2.45) is 11.7 Å². The summed E-state index contributed by atoms with van der Waals surface area (Å²) in [6.07, 6.45) is 3.13. The van der Waals surface area contributed by atoms with Crippen LogP contribution in [0.4, 0.5) is 0 Å². The van der Waals surface area contributed by atoms with Gasteiger partial charge in [-0.3, -0.25) is 25.2 Å². The zero-order valence-corrected chi connectivity index (χ0v) is 19.0. The molecule has 0 saturated carbocycles. The Morgan fingerprint density at radius 1 is 1.06 bits per heavy atom. The number of amides is 3. The van der Waals surface area contributed by atoms with Crippen molar-refractivity contribution in [1.82, 2.24) is 10.9 Å². The summed E-state index contributed by atoms with van der Waals surface area (Å²) in [7, 11) is 0. The first kappa shape index (κ1) is 22.5. The molecule has 4 N–H and O–H groups in total. The monoisotopic (exact) mass is 463 g/mol. The molecule has 1 heterocycles. The molecule has 4 rings (SSSR count). The standard InChI is InChI=1S/C25H25N3O4S/c1-15-9-10-21-18(11-15)13-22(33-21)25(31)28-27-24(30)17-6-4-5-16(12-17)14-32-20-8-3-2-7-19(20)23(26)29/h2-8,12-13,15H,9-11,14H2,1H3,(H2,26,29)(H,27,30)(H,28,31). The number of benzene rings is 2. The molecule has 0 radical (unpaired) electrons. The summed E-state index contributed by atoms with van der Waals surface area (Å²) >= 11 is 1.49. The SMILES string of the molecule is CC1CCc2sc(C(=O)NNC(=O)c3cccc(COc4ccccc4C(N)=O)c3)cc2C1. The highest BCUT2D eigenvalue weighted by atomic mass is 32.1. The van der Waals surface area contributed by atoms with Crippen molar-refractivity contribution < 1.29 is 19.1 Å². The molecule has 1 aromatic heterocycles. The van der Waals surface area contributed by atoms with Crippen LogP contribution in [0, 0.1) is 5.92 Å². The Balaban J connectivity index is 1.35. The summed E-state index contributed by atoms with van der Waals surface area (Å²) in [4.78, 5) is 38.5. The number of carbonyl (C=O) groups is 3. The summed E-state index contributed by atoms with van der Waals surface area (Å²) < 4.78 is 5.72. The lowest BCUT2D eigenvalue weighted by molar-refractivity contribution is 0.0849. The number of para-hydroxylation sites is 1. The van der Waals surface area contributed by atoms with Crippen LogP contribution in [-0.2, 0) is 19.4 Å². The molecule has 33 heavy (non-hydrogen) atoms. The fourth-order valence-electron chi connectivity index (χ4n) is 3.82. The fraction of sp³-hybridized carbons (Fsp3) is 0.240. The molecule has 0 bridgehead atoms. The number of primary amides is 1. The number of hydrogen-bond acceptors (Lipinski definition) is 5. The Hall–Kier alpha value is -3.65. The van der Waals surface area contributed by atoms with Crippen molar-refractivity contribution in [3.05, 3.63) is 86.6 Å². The van der Waals surface area contributed by atoms with Gasteiger partial charge in [0.05, 0.1) is 10.4 Å². The van der Waals surface area contributed by atoms with Gasteiger partial charge in [0.1, 0.15) is 12.4 Å². The minimum atomic E-state index is -0.574. The van der Waals surface area contributed by atoms with E-state index in [-0.39, 0.29) is 12.5 Å². The molecule has 3 aromatic rings. The lowest BCUT2D eigenvalue weighted by Gasteiger charge is -2.16. The second-order valence-electron chi connectivity index (χ2n) is 8.16. The number of rotatable bonds is 6. The predicted molar refractivity (Wildman–Crippen MR) is 126 cm³/mol. The van der Waals surface area contributed by atoms with Gasteiger partial charge in [0.25, 0.3) is 17.7 Å². The van der Waals surface area contributed by atoms with E-state index in [9.17, 15) is 14.4 Å². The summed E-state index contributed by atoms with van der Waals surface area (Å²) in [6, 6.07) is 15.5. The number of hydrogen-bond donors (Lipinski definition) is 3. The zero-order valence-electron chi connectivity index (χ0n) is 18.2. The second-order valence-corrected chi connectivity index (χ2v) is 9.30. The van der Waals surface area contributed by atoms with E-state index in [2.05, 4.69) is 17.8 Å². The molecule has 0 spiro atoms. The average Bonchev–Trinajstić information content (AvgIpc) is 3.24. The first-order valence-corrected chi connectivity index (χ1v) is 11.5. The van der Waals surface area contributed by atoms with Gasteiger partial charge in [-0.05, 0) is 66.6 Å². The topological polar surface area (TPSA) is 111 Å². The lowest BCUT2D eigenvalue weighted by atomic mass is 9.90. The summed E-state index contributed by atoms with van der Waals surface area (Å²) in [5.74, 6) is -0.324. The van der Waals surface area contributed by atoms with Crippen LogP contribution >= 0.6 is 11.3 Å². The molecule has 1 atom stereocenters. The zero-order chi connectivity index (χ0) is 23.4. The Morgan fingerprint density at radius 2 is 1.85 bits per heavy atom. The molecule has 3 amide bonds. The third-order valence-corrected chi connectivity index (χ3v) is 6.81. The van der Waals surface area contributed by atoms with Gasteiger partial charge < -0.3 is 10.5 Å². The molecule has 8 heteroatoms. The first-order valence-electron chi connectivity index (χ1n) is 10.7. The van der Waals surface area contributed by atoms with E-state index in [1.807, 2.05) is 6.07 Å². The number of carbonyl (C=O) groups excluding carboxylic acids is 3. The first-order chi connectivity index (χ1) is 15.9. The third kappa shape index (κ3) is 5.40. The minimum Gasteiger partial charge on any atom is -0.488 e. The molecule has 0 fully saturated rings. The molecule has 1 aliphatic carbocycles. The molecule has 1 aliphatic rings. The molecule has 170 valence electrons. The molecule has 0 saturated heterocycles. The maximum atomic E-state index is 12.6. The number of ether oxygens (including phenoxy) is 1. The van der Waals surface area contributed by atoms with Crippen molar-refractivity contribution in [3.8, 4) is 5.75 Å². The molecule has 1 unspecified atom stereocenters. The number of fused-ring (bicyclic) bond motifs is 1. The van der Waals surface area contributed by atoms with E-state index >= 15 is 0 Å². The van der Waals surface area contributed by atoms with Crippen LogP contribution in [0.25, 0.3) is 0 Å². The van der Waals surface area contributed by atoms with Gasteiger partial charge >= 0.3 is 0 Å². The second kappa shape index (κ2) is 9.87. The van der Waals surface area contributed by atoms with Crippen LogP contribution in [-0.4, -0.2) is 17.7 Å². The van der Waals surface area contributed by atoms with Crippen molar-refractivity contribution in [2.75, 3.05) is 0 Å². The Bertz CT molecular complexity index is 1200. The van der Waals surface area contributed by atoms with Crippen LogP contribution in [0.15, 0.2) is 54.6 Å². The normalized spacial score (nSPS) is 14.8. The van der Waals surface area contributed by atoms with Gasteiger partial charge in [0.15, 0.2) is 0 Å². The third-order valence-electron chi connectivity index (χ3n) is 5.58. The van der Waals surface area contributed by atoms with Gasteiger partial charge in [-0.1, -0.05) is 31.2 Å². The number of nitrogens with two attached hydrogens (primary N) is 1. The number of aryl methyl sites for hydroxylation is 1. The van der Waals surface area contributed by atoms with Gasteiger partial charge in [0, 0.05) is 10.4 Å². The minimum absolute atomic E-state index is 0.150. The van der Waals surface area contributed by atoms with Gasteiger partial charge in [-0.2, -0.15) is 0 Å². The van der Waals surface area contributed by atoms with Crippen molar-refractivity contribution in [1.29, 1.82) is 0 Å². The molecular weight excluding hydrogens is 438 g/mol. The van der Waals surface area contributed by atoms with E-state index in [1.165, 1.54) is 21.8 Å². The van der Waals surface area contributed by atoms with Gasteiger partial charge in [-0.25, -0.2) is 0 Å². The Morgan fingerprint density at radius 3 is 2.67 bits per heavy atom. The molecule has 7 nitrogen and oxygen atoms in total. The highest BCUT2D eigenvalue weighted by Gasteiger charge is 2.21. The summed E-state index contributed by atoms with van der Waals surface area (Å²) in [5, 5.41) is 0. The van der Waals surface area contributed by atoms with Crippen LogP contribution in [0.2, 0.25) is 0 Å². The smallest absolute Gasteiger partial charge is 0.279 e. The van der Waals surface area contributed by atoms with Crippen molar-refractivity contribution >= 4 is 29.1 Å². The largest absolute Gasteiger partial charge is 0.488 e. The maximum Gasteiger partial charge on any atom is 0.279 e. The fourth-order valence-corrected chi connectivity index (χ4v) is 4.93. The average molecular weight is 464 g/mol. The summed E-state index contributed by atoms with van der Waals surface area (Å²) in [5.41, 5.74) is 13.0. The molecular formula is C25H25N3O4S. The van der Waals surface area contributed by atoms with Crippen LogP contribution in [0.1, 0.15) is 59.7 Å². The van der Waals surface area contributed by atoms with Crippen LogP contribution in [0.5, 0.6) is 5.75 Å². The lowest BCUT2D eigenvalue weighted by Crippen LogP contribution is -2.41. The van der Waals surface area contributed by atoms with E-state index < -0.39 is 11.8 Å². The highest BCUT2D eigenvalue weighted by Crippen LogP contribution is 2.32. The van der Waals surface area contributed by atoms with Crippen molar-refractivity contribution in [3.63, 3.8) is 0 Å². The van der Waals surface area contributed by atoms with E-state index in [0.717, 1.165) is 24.8 Å². The van der Waals surface area contributed by atoms with Gasteiger partial charge in [-0.15, -0.1) is 11.3 Å². The Kier molecular flexibility index (Phi) is 6.74. The van der Waals surface area contributed by atoms with Gasteiger partial charge in [0.2, 0.25) is 0 Å². The quantitative estimate of drug-likeness (QED) is 0.485. The Labute approximate surface area is 195 Å². The maximum absolute atomic E-state index is 12.6. The van der Waals surface area contributed by atoms with E-state index in [4.69, 9.17) is 10.5 Å². The van der Waals surface area contributed by atoms with E-state index in [1.54, 1.807) is 48.5 Å². The molecule has 2 aromatic carbocycles. The van der Waals surface area contributed by atoms with Crippen molar-refractivity contribution in [2.45, 2.75) is 32.8 Å².